The molecule has 0 radical (unpaired) electrons. The van der Waals surface area contributed by atoms with Crippen LogP contribution in [0.2, 0.25) is 0 Å². The third-order valence-corrected chi connectivity index (χ3v) is 2.09. The van der Waals surface area contributed by atoms with E-state index >= 15 is 0 Å². The number of ketones is 2. The Bertz CT molecular complexity index is 458. The average molecular weight is 284 g/mol. The van der Waals surface area contributed by atoms with Crippen molar-refractivity contribution in [1.29, 1.82) is 0 Å². The number of hydrogen-bond acceptors (Lipinski definition) is 2. The molecule has 0 fully saturated rings. The van der Waals surface area contributed by atoms with Crippen LogP contribution >= 0.6 is 0 Å². The lowest BCUT2D eigenvalue weighted by Crippen LogP contribution is -1.85. The van der Waals surface area contributed by atoms with Gasteiger partial charge in [0.2, 0.25) is 0 Å². The maximum atomic E-state index is 9.44. The van der Waals surface area contributed by atoms with Crippen molar-refractivity contribution in [1.82, 2.24) is 0 Å². The number of rotatable bonds is 2. The van der Waals surface area contributed by atoms with Crippen LogP contribution in [0, 0.1) is 0 Å². The van der Waals surface area contributed by atoms with Gasteiger partial charge in [-0.2, -0.15) is 0 Å². The maximum absolute atomic E-state index is 9.44. The highest BCUT2D eigenvalue weighted by Crippen LogP contribution is 2.07. The van der Waals surface area contributed by atoms with Gasteiger partial charge in [0.25, 0.3) is 0 Å². The SMILES string of the molecule is CC(C)=O.CC(C)=O.c1ccc(Cc2ccccc2)cc1. The second-order valence-corrected chi connectivity index (χ2v) is 4.96. The van der Waals surface area contributed by atoms with E-state index in [0.717, 1.165) is 6.42 Å². The summed E-state index contributed by atoms with van der Waals surface area (Å²) in [5.74, 6) is 0.333. The fraction of sp³-hybridized carbons (Fsp3) is 0.263. The standard InChI is InChI=1S/C13H12.2C3H6O/c1-3-7-12(8-4-1)11-13-9-5-2-6-10-13;2*1-3(2)4/h1-10H,11H2;2*1-2H3. The van der Waals surface area contributed by atoms with Crippen LogP contribution in [0.25, 0.3) is 0 Å². The fourth-order valence-electron chi connectivity index (χ4n) is 1.43. The Morgan fingerprint density at radius 2 is 0.857 bits per heavy atom. The minimum absolute atomic E-state index is 0.167. The highest BCUT2D eigenvalue weighted by Gasteiger charge is 1.92. The molecule has 21 heavy (non-hydrogen) atoms. The van der Waals surface area contributed by atoms with Crippen molar-refractivity contribution in [2.24, 2.45) is 0 Å². The number of Topliss-reactive ketones (excluding diaryl/α,β-unsaturated/α-hetero) is 2. The number of carbonyl (C=O) groups excluding carboxylic acids is 2. The first-order chi connectivity index (χ1) is 9.91. The zero-order chi connectivity index (χ0) is 16.1. The lowest BCUT2D eigenvalue weighted by atomic mass is 10.1. The quantitative estimate of drug-likeness (QED) is 0.815. The molecule has 0 aliphatic rings. The molecule has 0 heterocycles. The normalized spacial score (nSPS) is 8.57. The Morgan fingerprint density at radius 1 is 0.619 bits per heavy atom. The molecule has 2 nitrogen and oxygen atoms in total. The first-order valence-corrected chi connectivity index (χ1v) is 6.94. The summed E-state index contributed by atoms with van der Waals surface area (Å²) in [7, 11) is 0. The van der Waals surface area contributed by atoms with E-state index in [9.17, 15) is 9.59 Å². The Kier molecular flexibility index (Phi) is 10.4. The Labute approximate surface area is 127 Å². The van der Waals surface area contributed by atoms with Gasteiger partial charge in [0.15, 0.2) is 0 Å². The van der Waals surface area contributed by atoms with Gasteiger partial charge in [-0.25, -0.2) is 0 Å². The van der Waals surface area contributed by atoms with Crippen LogP contribution in [0.5, 0.6) is 0 Å². The highest BCUT2D eigenvalue weighted by atomic mass is 16.1. The Hall–Kier alpha value is -2.22. The minimum atomic E-state index is 0.167. The van der Waals surface area contributed by atoms with Crippen LogP contribution < -0.4 is 0 Å². The molecule has 0 saturated heterocycles. The van der Waals surface area contributed by atoms with Crippen LogP contribution in [-0.4, -0.2) is 11.6 Å². The van der Waals surface area contributed by atoms with Gasteiger partial charge < -0.3 is 9.59 Å². The molecule has 0 unspecified atom stereocenters. The zero-order valence-electron chi connectivity index (χ0n) is 13.3. The van der Waals surface area contributed by atoms with Crippen molar-refractivity contribution in [3.8, 4) is 0 Å². The summed E-state index contributed by atoms with van der Waals surface area (Å²) in [6.07, 6.45) is 1.03. The first-order valence-electron chi connectivity index (χ1n) is 6.94. The minimum Gasteiger partial charge on any atom is -0.300 e. The van der Waals surface area contributed by atoms with Gasteiger partial charge in [0, 0.05) is 0 Å². The molecule has 0 saturated carbocycles. The van der Waals surface area contributed by atoms with Crippen LogP contribution in [0.3, 0.4) is 0 Å². The summed E-state index contributed by atoms with van der Waals surface area (Å²) in [6, 6.07) is 21.1. The van der Waals surface area contributed by atoms with E-state index < -0.39 is 0 Å². The summed E-state index contributed by atoms with van der Waals surface area (Å²) in [5.41, 5.74) is 2.74. The smallest absolute Gasteiger partial charge is 0.126 e. The first kappa shape index (κ1) is 18.8. The summed E-state index contributed by atoms with van der Waals surface area (Å²) in [6.45, 7) is 6.11. The van der Waals surface area contributed by atoms with Crippen molar-refractivity contribution in [2.45, 2.75) is 34.1 Å². The Balaban J connectivity index is 0.000000421. The zero-order valence-corrected chi connectivity index (χ0v) is 13.3. The lowest BCUT2D eigenvalue weighted by Gasteiger charge is -2.00. The summed E-state index contributed by atoms with van der Waals surface area (Å²) >= 11 is 0. The van der Waals surface area contributed by atoms with E-state index in [-0.39, 0.29) is 11.6 Å². The molecule has 2 heteroatoms. The van der Waals surface area contributed by atoms with Crippen LogP contribution in [0.4, 0.5) is 0 Å². The molecule has 2 aromatic carbocycles. The number of hydrogen-bond donors (Lipinski definition) is 0. The van der Waals surface area contributed by atoms with Crippen molar-refractivity contribution in [3.05, 3.63) is 71.8 Å². The van der Waals surface area contributed by atoms with E-state index in [2.05, 4.69) is 60.7 Å². The van der Waals surface area contributed by atoms with Gasteiger partial charge in [-0.15, -0.1) is 0 Å². The average Bonchev–Trinajstić information content (AvgIpc) is 2.40. The number of benzene rings is 2. The second kappa shape index (κ2) is 11.6. The summed E-state index contributed by atoms with van der Waals surface area (Å²) in [4.78, 5) is 18.9. The van der Waals surface area contributed by atoms with Crippen molar-refractivity contribution in [2.75, 3.05) is 0 Å². The molecule has 2 rings (SSSR count). The van der Waals surface area contributed by atoms with E-state index in [0.29, 0.717) is 0 Å². The molecule has 0 N–H and O–H groups in total. The molecule has 0 bridgehead atoms. The van der Waals surface area contributed by atoms with E-state index in [1.165, 1.54) is 38.8 Å². The van der Waals surface area contributed by atoms with Crippen LogP contribution in [0.1, 0.15) is 38.8 Å². The lowest BCUT2D eigenvalue weighted by molar-refractivity contribution is -0.115. The fourth-order valence-corrected chi connectivity index (χ4v) is 1.43. The maximum Gasteiger partial charge on any atom is 0.126 e. The van der Waals surface area contributed by atoms with Gasteiger partial charge in [-0.05, 0) is 45.2 Å². The largest absolute Gasteiger partial charge is 0.300 e. The highest BCUT2D eigenvalue weighted by molar-refractivity contribution is 5.72. The third kappa shape index (κ3) is 14.0. The van der Waals surface area contributed by atoms with Gasteiger partial charge in [0.05, 0.1) is 0 Å². The van der Waals surface area contributed by atoms with Crippen LogP contribution in [-0.2, 0) is 16.0 Å². The second-order valence-electron chi connectivity index (χ2n) is 4.96. The molecule has 0 atom stereocenters. The van der Waals surface area contributed by atoms with Gasteiger partial charge in [-0.1, -0.05) is 60.7 Å². The predicted molar refractivity (Wildman–Crippen MR) is 88.4 cm³/mol. The van der Waals surface area contributed by atoms with Gasteiger partial charge in [-0.3, -0.25) is 0 Å². The number of carbonyl (C=O) groups is 2. The topological polar surface area (TPSA) is 34.1 Å². The Morgan fingerprint density at radius 3 is 1.10 bits per heavy atom. The molecular weight excluding hydrogens is 260 g/mol. The van der Waals surface area contributed by atoms with Crippen molar-refractivity contribution in [3.63, 3.8) is 0 Å². The van der Waals surface area contributed by atoms with Crippen LogP contribution in [0.15, 0.2) is 60.7 Å². The molecule has 0 aliphatic carbocycles. The van der Waals surface area contributed by atoms with E-state index in [1.54, 1.807) is 0 Å². The molecule has 0 spiro atoms. The third-order valence-electron chi connectivity index (χ3n) is 2.09. The summed E-state index contributed by atoms with van der Waals surface area (Å²) in [5, 5.41) is 0. The van der Waals surface area contributed by atoms with Gasteiger partial charge in [0.1, 0.15) is 11.6 Å². The molecule has 0 amide bonds. The monoisotopic (exact) mass is 284 g/mol. The molecule has 112 valence electrons. The van der Waals surface area contributed by atoms with Crippen molar-refractivity contribution < 1.29 is 9.59 Å². The predicted octanol–water partition coefficient (Wildman–Crippen LogP) is 4.47. The molecular formula is C19H24O2. The molecule has 2 aromatic rings. The molecule has 0 aliphatic heterocycles. The van der Waals surface area contributed by atoms with Gasteiger partial charge >= 0.3 is 0 Å². The van der Waals surface area contributed by atoms with Crippen molar-refractivity contribution >= 4 is 11.6 Å². The summed E-state index contributed by atoms with van der Waals surface area (Å²) < 4.78 is 0. The van der Waals surface area contributed by atoms with E-state index in [1.807, 2.05) is 0 Å². The molecule has 0 aromatic heterocycles. The van der Waals surface area contributed by atoms with E-state index in [4.69, 9.17) is 0 Å².